The molecule has 6 heterocycles. The van der Waals surface area contributed by atoms with Gasteiger partial charge in [0, 0.05) is 25.8 Å². The molecule has 1 amide bonds. The van der Waals surface area contributed by atoms with Gasteiger partial charge in [-0.2, -0.15) is 14.9 Å². The molecule has 4 aromatic rings. The predicted octanol–water partition coefficient (Wildman–Crippen LogP) is 2.62. The third-order valence-electron chi connectivity index (χ3n) is 7.79. The Balaban J connectivity index is 1.62. The highest BCUT2D eigenvalue weighted by molar-refractivity contribution is 5.90. The molecule has 2 aliphatic heterocycles. The van der Waals surface area contributed by atoms with Crippen molar-refractivity contribution in [3.63, 3.8) is 0 Å². The van der Waals surface area contributed by atoms with Crippen LogP contribution in [-0.2, 0) is 17.6 Å². The number of aromatic nitrogens is 7. The summed E-state index contributed by atoms with van der Waals surface area (Å²) in [5.74, 6) is -0.814. The number of carbonyl (C=O) groups is 1. The summed E-state index contributed by atoms with van der Waals surface area (Å²) in [5.41, 5.74) is 2.53. The molecule has 0 saturated carbocycles. The molecule has 12 nitrogen and oxygen atoms in total. The number of fused-ring (bicyclic) bond motifs is 6. The van der Waals surface area contributed by atoms with E-state index in [1.165, 1.54) is 21.4 Å². The number of amides is 1. The van der Waals surface area contributed by atoms with Crippen LogP contribution in [0.3, 0.4) is 0 Å². The zero-order valence-corrected chi connectivity index (χ0v) is 23.4. The second-order valence-electron chi connectivity index (χ2n) is 10.8. The van der Waals surface area contributed by atoms with Gasteiger partial charge in [-0.3, -0.25) is 9.78 Å². The molecule has 0 N–H and O–H groups in total. The maximum atomic E-state index is 15.8. The summed E-state index contributed by atoms with van der Waals surface area (Å²) in [6.07, 6.45) is 6.68. The number of piperazine rings is 1. The molecule has 0 spiro atoms. The molecule has 214 valence electrons. The SMILES string of the molecule is C=CC(=O)N1CCN(c2nc(=O)n3c4nc(c(F)cc24)-n2cc(nn2)CCCc2ccnc(C(C)C)c2-3)CC1CC#N. The summed E-state index contributed by atoms with van der Waals surface area (Å²) in [5, 5.41) is 18.1. The molecule has 1 saturated heterocycles. The first-order chi connectivity index (χ1) is 20.3. The summed E-state index contributed by atoms with van der Waals surface area (Å²) in [6, 6.07) is 4.88. The third-order valence-corrected chi connectivity index (χ3v) is 7.79. The van der Waals surface area contributed by atoms with Gasteiger partial charge in [0.15, 0.2) is 17.3 Å². The minimum Gasteiger partial charge on any atom is -0.352 e. The normalized spacial score (nSPS) is 16.6. The molecule has 13 heteroatoms. The van der Waals surface area contributed by atoms with E-state index >= 15 is 4.39 Å². The molecule has 0 aromatic carbocycles. The lowest BCUT2D eigenvalue weighted by molar-refractivity contribution is -0.128. The molecule has 0 radical (unpaired) electrons. The maximum Gasteiger partial charge on any atom is 0.355 e. The van der Waals surface area contributed by atoms with E-state index in [1.54, 1.807) is 17.3 Å². The summed E-state index contributed by atoms with van der Waals surface area (Å²) in [6.45, 7) is 8.40. The van der Waals surface area contributed by atoms with Crippen molar-refractivity contribution in [1.82, 2.24) is 39.4 Å². The fourth-order valence-electron chi connectivity index (χ4n) is 5.81. The van der Waals surface area contributed by atoms with Crippen LogP contribution >= 0.6 is 0 Å². The van der Waals surface area contributed by atoms with Gasteiger partial charge in [0.05, 0.1) is 47.2 Å². The zero-order valence-electron chi connectivity index (χ0n) is 23.4. The van der Waals surface area contributed by atoms with Crippen LogP contribution in [-0.4, -0.2) is 71.0 Å². The largest absolute Gasteiger partial charge is 0.355 e. The fraction of sp³-hybridized carbons (Fsp3) is 0.379. The van der Waals surface area contributed by atoms with E-state index < -0.39 is 17.5 Å². The second-order valence-corrected chi connectivity index (χ2v) is 10.8. The van der Waals surface area contributed by atoms with Crippen LogP contribution in [0, 0.1) is 17.1 Å². The highest BCUT2D eigenvalue weighted by Crippen LogP contribution is 2.32. The van der Waals surface area contributed by atoms with E-state index in [4.69, 9.17) is 0 Å². The van der Waals surface area contributed by atoms with Gasteiger partial charge in [-0.15, -0.1) is 5.10 Å². The van der Waals surface area contributed by atoms with Crippen LogP contribution in [0.5, 0.6) is 0 Å². The van der Waals surface area contributed by atoms with Gasteiger partial charge in [-0.05, 0) is 49.0 Å². The molecule has 4 bridgehead atoms. The molecule has 1 atom stereocenters. The van der Waals surface area contributed by atoms with E-state index in [1.807, 2.05) is 24.8 Å². The molecule has 6 rings (SSSR count). The predicted molar refractivity (Wildman–Crippen MR) is 152 cm³/mol. The van der Waals surface area contributed by atoms with Crippen LogP contribution in [0.25, 0.3) is 22.5 Å². The zero-order chi connectivity index (χ0) is 29.5. The van der Waals surface area contributed by atoms with Gasteiger partial charge in [0.25, 0.3) is 0 Å². The lowest BCUT2D eigenvalue weighted by Crippen LogP contribution is -2.55. The molecule has 4 aromatic heterocycles. The Morgan fingerprint density at radius 2 is 2.10 bits per heavy atom. The van der Waals surface area contributed by atoms with Crippen molar-refractivity contribution in [3.05, 3.63) is 70.4 Å². The van der Waals surface area contributed by atoms with Crippen molar-refractivity contribution >= 4 is 22.8 Å². The molecule has 0 aliphatic carbocycles. The third kappa shape index (κ3) is 4.58. The quantitative estimate of drug-likeness (QED) is 0.340. The Labute approximate surface area is 240 Å². The van der Waals surface area contributed by atoms with E-state index in [9.17, 15) is 14.9 Å². The first-order valence-electron chi connectivity index (χ1n) is 13.9. The first-order valence-corrected chi connectivity index (χ1v) is 13.9. The topological polar surface area (TPSA) is 139 Å². The van der Waals surface area contributed by atoms with E-state index in [-0.39, 0.29) is 48.6 Å². The number of carbonyl (C=O) groups excluding carboxylic acids is 1. The van der Waals surface area contributed by atoms with Crippen LogP contribution in [0.1, 0.15) is 49.6 Å². The van der Waals surface area contributed by atoms with Crippen molar-refractivity contribution in [2.45, 2.75) is 51.5 Å². The number of anilines is 1. The molecule has 1 unspecified atom stereocenters. The number of hydrogen-bond acceptors (Lipinski definition) is 9. The first kappa shape index (κ1) is 27.2. The second kappa shape index (κ2) is 10.8. The lowest BCUT2D eigenvalue weighted by Gasteiger charge is -2.41. The van der Waals surface area contributed by atoms with Crippen molar-refractivity contribution in [2.75, 3.05) is 24.5 Å². The molecule has 42 heavy (non-hydrogen) atoms. The Morgan fingerprint density at radius 1 is 1.26 bits per heavy atom. The maximum absolute atomic E-state index is 15.8. The fourth-order valence-corrected chi connectivity index (χ4v) is 5.81. The van der Waals surface area contributed by atoms with Crippen molar-refractivity contribution in [1.29, 1.82) is 5.26 Å². The average molecular weight is 569 g/mol. The van der Waals surface area contributed by atoms with Gasteiger partial charge in [0.2, 0.25) is 5.91 Å². The standard InChI is InChI=1S/C29H29FN10O2/c1-4-23(41)38-13-12-37(16-20(38)8-10-31)26-21-14-22(30)28-33-27(21)40(29(42)34-26)25-18(9-11-32-24(25)17(2)3)6-5-7-19-15-39(28)36-35-19/h4,9,11,14-15,17,20H,1,5-8,12-13,16H2,2-3H3. The minimum atomic E-state index is -0.659. The van der Waals surface area contributed by atoms with Gasteiger partial charge >= 0.3 is 5.69 Å². The van der Waals surface area contributed by atoms with Crippen LogP contribution in [0.15, 0.2) is 42.0 Å². The average Bonchev–Trinajstić information content (AvgIpc) is 3.45. The molecule has 2 aliphatic rings. The Morgan fingerprint density at radius 3 is 2.86 bits per heavy atom. The number of rotatable bonds is 4. The van der Waals surface area contributed by atoms with Gasteiger partial charge in [0.1, 0.15) is 5.82 Å². The van der Waals surface area contributed by atoms with E-state index in [0.29, 0.717) is 41.8 Å². The minimum absolute atomic E-state index is 0.0238. The van der Waals surface area contributed by atoms with Gasteiger partial charge < -0.3 is 9.80 Å². The number of hydrogen-bond donors (Lipinski definition) is 0. The van der Waals surface area contributed by atoms with Gasteiger partial charge in [-0.1, -0.05) is 25.6 Å². The van der Waals surface area contributed by atoms with Crippen LogP contribution in [0.2, 0.25) is 0 Å². The summed E-state index contributed by atoms with van der Waals surface area (Å²) in [7, 11) is 0. The number of nitrogens with zero attached hydrogens (tertiary/aromatic N) is 10. The van der Waals surface area contributed by atoms with Gasteiger partial charge in [-0.25, -0.2) is 18.7 Å². The van der Waals surface area contributed by atoms with Crippen molar-refractivity contribution in [3.8, 4) is 17.6 Å². The summed E-state index contributed by atoms with van der Waals surface area (Å²) >= 11 is 0. The van der Waals surface area contributed by atoms with E-state index in [2.05, 4.69) is 37.9 Å². The molecular weight excluding hydrogens is 539 g/mol. The highest BCUT2D eigenvalue weighted by Gasteiger charge is 2.32. The number of nitriles is 1. The lowest BCUT2D eigenvalue weighted by atomic mass is 10.00. The Kier molecular flexibility index (Phi) is 6.97. The smallest absolute Gasteiger partial charge is 0.352 e. The summed E-state index contributed by atoms with van der Waals surface area (Å²) in [4.78, 5) is 43.7. The van der Waals surface area contributed by atoms with Crippen LogP contribution < -0.4 is 10.6 Å². The number of aryl methyl sites for hydroxylation is 2. The Bertz CT molecular complexity index is 1820. The highest BCUT2D eigenvalue weighted by atomic mass is 19.1. The van der Waals surface area contributed by atoms with E-state index in [0.717, 1.165) is 12.0 Å². The van der Waals surface area contributed by atoms with Crippen molar-refractivity contribution < 1.29 is 9.18 Å². The number of halogens is 1. The monoisotopic (exact) mass is 568 g/mol. The Hall–Kier alpha value is -4.99. The molecular formula is C29H29FN10O2. The number of pyridine rings is 2. The van der Waals surface area contributed by atoms with Crippen molar-refractivity contribution in [2.24, 2.45) is 0 Å². The molecule has 1 fully saturated rings. The van der Waals surface area contributed by atoms with Crippen LogP contribution in [0.4, 0.5) is 10.2 Å². The summed E-state index contributed by atoms with van der Waals surface area (Å²) < 4.78 is 18.5.